The zero-order valence-electron chi connectivity index (χ0n) is 13.7. The van der Waals surface area contributed by atoms with Crippen molar-refractivity contribution < 1.29 is 14.6 Å². The van der Waals surface area contributed by atoms with Gasteiger partial charge in [0.25, 0.3) is 0 Å². The molecule has 1 N–H and O–H groups in total. The molecule has 1 atom stereocenters. The Labute approximate surface area is 137 Å². The summed E-state index contributed by atoms with van der Waals surface area (Å²) in [6, 6.07) is 13.4. The van der Waals surface area contributed by atoms with Crippen LogP contribution in [0.3, 0.4) is 0 Å². The number of ether oxygens (including phenoxy) is 2. The molecule has 0 amide bonds. The number of phenolic OH excluding ortho intramolecular Hbond substituents is 1. The molecule has 2 aromatic carbocycles. The molecule has 2 aromatic rings. The number of aromatic hydroxyl groups is 1. The van der Waals surface area contributed by atoms with Crippen molar-refractivity contribution in [2.24, 2.45) is 0 Å². The smallest absolute Gasteiger partial charge is 0.143 e. The van der Waals surface area contributed by atoms with Gasteiger partial charge in [0.05, 0.1) is 19.3 Å². The molecule has 4 heteroatoms. The lowest BCUT2D eigenvalue weighted by Crippen LogP contribution is -2.41. The summed E-state index contributed by atoms with van der Waals surface area (Å²) in [6.45, 7) is 3.91. The first-order valence-corrected chi connectivity index (χ1v) is 8.07. The Morgan fingerprint density at radius 2 is 2.09 bits per heavy atom. The number of fused-ring (bicyclic) bond motifs is 1. The molecule has 1 aliphatic rings. The van der Waals surface area contributed by atoms with Gasteiger partial charge in [-0.05, 0) is 30.2 Å². The minimum absolute atomic E-state index is 0.0647. The van der Waals surface area contributed by atoms with Crippen LogP contribution in [-0.4, -0.2) is 31.4 Å². The fourth-order valence-corrected chi connectivity index (χ4v) is 3.12. The number of hydrogen-bond donors (Lipinski definition) is 1. The lowest BCUT2D eigenvalue weighted by atomic mass is 10.0. The van der Waals surface area contributed by atoms with Gasteiger partial charge in [0, 0.05) is 19.0 Å². The zero-order chi connectivity index (χ0) is 16.2. The quantitative estimate of drug-likeness (QED) is 0.915. The summed E-state index contributed by atoms with van der Waals surface area (Å²) in [4.78, 5) is 2.29. The summed E-state index contributed by atoms with van der Waals surface area (Å²) >= 11 is 0. The lowest BCUT2D eigenvalue weighted by Gasteiger charge is -2.36. The predicted molar refractivity (Wildman–Crippen MR) is 91.7 cm³/mol. The summed E-state index contributed by atoms with van der Waals surface area (Å²) in [5.41, 5.74) is 2.13. The van der Waals surface area contributed by atoms with Crippen LogP contribution in [0.5, 0.6) is 17.2 Å². The summed E-state index contributed by atoms with van der Waals surface area (Å²) in [5, 5.41) is 9.74. The second-order valence-corrected chi connectivity index (χ2v) is 5.85. The van der Waals surface area contributed by atoms with Crippen LogP contribution in [0.2, 0.25) is 0 Å². The number of anilines is 1. The molecule has 0 radical (unpaired) electrons. The number of phenols is 1. The van der Waals surface area contributed by atoms with E-state index in [1.165, 1.54) is 0 Å². The first-order chi connectivity index (χ1) is 11.2. The van der Waals surface area contributed by atoms with Crippen molar-refractivity contribution in [1.82, 2.24) is 0 Å². The fraction of sp³-hybridized carbons (Fsp3) is 0.368. The van der Waals surface area contributed by atoms with Crippen LogP contribution >= 0.6 is 0 Å². The average Bonchev–Trinajstić information content (AvgIpc) is 2.56. The van der Waals surface area contributed by atoms with Gasteiger partial charge in [0.1, 0.15) is 23.4 Å². The van der Waals surface area contributed by atoms with E-state index in [-0.39, 0.29) is 11.9 Å². The number of nitrogens with zero attached hydrogens (tertiary/aromatic N) is 1. The normalized spacial score (nSPS) is 16.6. The Kier molecular flexibility index (Phi) is 4.60. The Morgan fingerprint density at radius 1 is 1.26 bits per heavy atom. The maximum Gasteiger partial charge on any atom is 0.143 e. The summed E-state index contributed by atoms with van der Waals surface area (Å²) in [7, 11) is 1.70. The van der Waals surface area contributed by atoms with Crippen molar-refractivity contribution in [3.8, 4) is 17.2 Å². The second kappa shape index (κ2) is 6.82. The predicted octanol–water partition coefficient (Wildman–Crippen LogP) is 3.62. The third kappa shape index (κ3) is 3.36. The second-order valence-electron chi connectivity index (χ2n) is 5.85. The topological polar surface area (TPSA) is 41.9 Å². The maximum atomic E-state index is 9.74. The van der Waals surface area contributed by atoms with Gasteiger partial charge in [0.15, 0.2) is 0 Å². The van der Waals surface area contributed by atoms with Crippen LogP contribution < -0.4 is 14.4 Å². The largest absolute Gasteiger partial charge is 0.508 e. The van der Waals surface area contributed by atoms with E-state index in [9.17, 15) is 5.11 Å². The van der Waals surface area contributed by atoms with E-state index in [4.69, 9.17) is 9.47 Å². The van der Waals surface area contributed by atoms with Gasteiger partial charge in [-0.25, -0.2) is 0 Å². The van der Waals surface area contributed by atoms with Crippen molar-refractivity contribution in [3.63, 3.8) is 0 Å². The third-order valence-electron chi connectivity index (χ3n) is 4.13. The van der Waals surface area contributed by atoms with Gasteiger partial charge < -0.3 is 19.5 Å². The summed E-state index contributed by atoms with van der Waals surface area (Å²) < 4.78 is 11.6. The van der Waals surface area contributed by atoms with Crippen LogP contribution in [0.1, 0.15) is 18.9 Å². The van der Waals surface area contributed by atoms with Gasteiger partial charge >= 0.3 is 0 Å². The number of benzene rings is 2. The van der Waals surface area contributed by atoms with Gasteiger partial charge in [0.2, 0.25) is 0 Å². The standard InChI is InChI=1S/C19H23NO3/c1-3-10-20-13-16(11-14-6-4-5-7-18(14)22-2)23-19-9-8-15(21)12-17(19)20/h4-9,12,16,21H,3,10-11,13H2,1-2H3. The van der Waals surface area contributed by atoms with Crippen molar-refractivity contribution in [3.05, 3.63) is 48.0 Å². The molecular weight excluding hydrogens is 290 g/mol. The molecule has 0 saturated carbocycles. The van der Waals surface area contributed by atoms with Crippen molar-refractivity contribution in [2.45, 2.75) is 25.9 Å². The van der Waals surface area contributed by atoms with Crippen LogP contribution in [-0.2, 0) is 6.42 Å². The van der Waals surface area contributed by atoms with Gasteiger partial charge in [-0.3, -0.25) is 0 Å². The van der Waals surface area contributed by atoms with Crippen LogP contribution in [0.25, 0.3) is 0 Å². The van der Waals surface area contributed by atoms with E-state index in [2.05, 4.69) is 17.9 Å². The van der Waals surface area contributed by atoms with Crippen molar-refractivity contribution in [1.29, 1.82) is 0 Å². The number of rotatable bonds is 5. The highest BCUT2D eigenvalue weighted by Gasteiger charge is 2.26. The van der Waals surface area contributed by atoms with Crippen molar-refractivity contribution >= 4 is 5.69 Å². The van der Waals surface area contributed by atoms with E-state index in [0.717, 1.165) is 48.7 Å². The van der Waals surface area contributed by atoms with Crippen molar-refractivity contribution in [2.75, 3.05) is 25.1 Å². The molecule has 0 bridgehead atoms. The van der Waals surface area contributed by atoms with Crippen LogP contribution in [0.4, 0.5) is 5.69 Å². The van der Waals surface area contributed by atoms with E-state index >= 15 is 0 Å². The molecule has 1 aliphatic heterocycles. The first-order valence-electron chi connectivity index (χ1n) is 8.07. The Bertz CT molecular complexity index is 671. The SMILES string of the molecule is CCCN1CC(Cc2ccccc2OC)Oc2ccc(O)cc21. The molecule has 23 heavy (non-hydrogen) atoms. The molecule has 0 aromatic heterocycles. The van der Waals surface area contributed by atoms with Gasteiger partial charge in [-0.1, -0.05) is 25.1 Å². The Morgan fingerprint density at radius 3 is 2.87 bits per heavy atom. The molecule has 0 spiro atoms. The van der Waals surface area contributed by atoms with E-state index in [1.807, 2.05) is 24.3 Å². The Hall–Kier alpha value is -2.36. The molecule has 4 nitrogen and oxygen atoms in total. The molecule has 122 valence electrons. The highest BCUT2D eigenvalue weighted by atomic mass is 16.5. The highest BCUT2D eigenvalue weighted by Crippen LogP contribution is 2.37. The molecular formula is C19H23NO3. The minimum Gasteiger partial charge on any atom is -0.508 e. The van der Waals surface area contributed by atoms with E-state index in [0.29, 0.717) is 0 Å². The van der Waals surface area contributed by atoms with Crippen LogP contribution in [0, 0.1) is 0 Å². The van der Waals surface area contributed by atoms with Gasteiger partial charge in [-0.2, -0.15) is 0 Å². The summed E-state index contributed by atoms with van der Waals surface area (Å²) in [5.74, 6) is 2.01. The Balaban J connectivity index is 1.84. The molecule has 1 unspecified atom stereocenters. The first kappa shape index (κ1) is 15.5. The fourth-order valence-electron chi connectivity index (χ4n) is 3.12. The maximum absolute atomic E-state index is 9.74. The average molecular weight is 313 g/mol. The molecule has 1 heterocycles. The number of hydrogen-bond acceptors (Lipinski definition) is 4. The molecule has 3 rings (SSSR count). The third-order valence-corrected chi connectivity index (χ3v) is 4.13. The number of methoxy groups -OCH3 is 1. The van der Waals surface area contributed by atoms with Crippen LogP contribution in [0.15, 0.2) is 42.5 Å². The zero-order valence-corrected chi connectivity index (χ0v) is 13.7. The molecule has 0 saturated heterocycles. The number of para-hydroxylation sites is 1. The van der Waals surface area contributed by atoms with E-state index < -0.39 is 0 Å². The monoisotopic (exact) mass is 313 g/mol. The molecule has 0 aliphatic carbocycles. The van der Waals surface area contributed by atoms with Gasteiger partial charge in [-0.15, -0.1) is 0 Å². The lowest BCUT2D eigenvalue weighted by molar-refractivity contribution is 0.192. The molecule has 0 fully saturated rings. The highest BCUT2D eigenvalue weighted by molar-refractivity contribution is 5.63. The van der Waals surface area contributed by atoms with E-state index in [1.54, 1.807) is 19.2 Å². The minimum atomic E-state index is 0.0647. The summed E-state index contributed by atoms with van der Waals surface area (Å²) in [6.07, 6.45) is 1.91.